The predicted octanol–water partition coefficient (Wildman–Crippen LogP) is 4.68. The summed E-state index contributed by atoms with van der Waals surface area (Å²) in [5.41, 5.74) is 1.50. The number of allylic oxidation sites excluding steroid dienone is 3. The Labute approximate surface area is 143 Å². The second-order valence-electron chi connectivity index (χ2n) is 7.24. The first kappa shape index (κ1) is 16.8. The van der Waals surface area contributed by atoms with Crippen molar-refractivity contribution in [3.05, 3.63) is 58.7 Å². The molecule has 0 radical (unpaired) electrons. The Morgan fingerprint density at radius 1 is 1.04 bits per heavy atom. The van der Waals surface area contributed by atoms with Crippen molar-refractivity contribution in [2.45, 2.75) is 58.2 Å². The Kier molecular flexibility index (Phi) is 4.08. The van der Waals surface area contributed by atoms with Crippen LogP contribution in [0.2, 0.25) is 0 Å². The average molecular weight is 324 g/mol. The minimum Gasteiger partial charge on any atom is -0.345 e. The summed E-state index contributed by atoms with van der Waals surface area (Å²) in [7, 11) is 0. The molecule has 3 heteroatoms. The van der Waals surface area contributed by atoms with Crippen molar-refractivity contribution in [1.29, 1.82) is 0 Å². The quantitative estimate of drug-likeness (QED) is 0.584. The molecule has 0 aromatic heterocycles. The van der Waals surface area contributed by atoms with E-state index in [0.717, 1.165) is 12.8 Å². The fourth-order valence-corrected chi connectivity index (χ4v) is 3.51. The van der Waals surface area contributed by atoms with Crippen molar-refractivity contribution in [2.24, 2.45) is 0 Å². The van der Waals surface area contributed by atoms with Gasteiger partial charge in [0.2, 0.25) is 0 Å². The van der Waals surface area contributed by atoms with Crippen LogP contribution < -0.4 is 0 Å². The summed E-state index contributed by atoms with van der Waals surface area (Å²) in [5, 5.41) is 0. The fourth-order valence-electron chi connectivity index (χ4n) is 3.51. The number of Topliss-reactive ketones (excluding diaryl/α,β-unsaturated/α-hetero) is 2. The Morgan fingerprint density at radius 2 is 1.67 bits per heavy atom. The van der Waals surface area contributed by atoms with Crippen molar-refractivity contribution in [2.75, 3.05) is 0 Å². The Hall–Kier alpha value is -2.00. The zero-order chi connectivity index (χ0) is 17.5. The van der Waals surface area contributed by atoms with Crippen LogP contribution in [-0.4, -0.2) is 22.8 Å². The number of fused-ring (bicyclic) bond motifs is 2. The van der Waals surface area contributed by atoms with Gasteiger partial charge >= 0.3 is 0 Å². The van der Waals surface area contributed by atoms with E-state index in [4.69, 9.17) is 4.74 Å². The molecule has 24 heavy (non-hydrogen) atoms. The van der Waals surface area contributed by atoms with E-state index in [0.29, 0.717) is 17.5 Å². The van der Waals surface area contributed by atoms with Crippen LogP contribution in [0.3, 0.4) is 0 Å². The largest absolute Gasteiger partial charge is 0.345 e. The maximum Gasteiger partial charge on any atom is 0.199 e. The second-order valence-corrected chi connectivity index (χ2v) is 7.24. The molecule has 2 unspecified atom stereocenters. The van der Waals surface area contributed by atoms with E-state index in [1.54, 1.807) is 31.2 Å². The number of ketones is 2. The molecule has 0 saturated carbocycles. The summed E-state index contributed by atoms with van der Waals surface area (Å²) in [4.78, 5) is 25.6. The predicted molar refractivity (Wildman–Crippen MR) is 94.4 cm³/mol. The smallest absolute Gasteiger partial charge is 0.199 e. The van der Waals surface area contributed by atoms with Crippen molar-refractivity contribution in [3.63, 3.8) is 0 Å². The minimum absolute atomic E-state index is 0.0615. The van der Waals surface area contributed by atoms with Crippen LogP contribution in [0.4, 0.5) is 0 Å². The Balaban J connectivity index is 1.81. The van der Waals surface area contributed by atoms with E-state index in [1.165, 1.54) is 11.1 Å². The molecule has 1 aliphatic carbocycles. The van der Waals surface area contributed by atoms with Crippen LogP contribution >= 0.6 is 0 Å². The van der Waals surface area contributed by atoms with Gasteiger partial charge in [-0.05, 0) is 40.5 Å². The fraction of sp³-hybridized carbons (Fsp3) is 0.429. The molecular formula is C21H24O3. The average Bonchev–Trinajstić information content (AvgIpc) is 3.19. The monoisotopic (exact) mass is 324 g/mol. The number of hydrogen-bond acceptors (Lipinski definition) is 3. The van der Waals surface area contributed by atoms with Crippen molar-refractivity contribution >= 4 is 11.6 Å². The van der Waals surface area contributed by atoms with Crippen LogP contribution in [0, 0.1) is 0 Å². The molecule has 3 rings (SSSR count). The highest BCUT2D eigenvalue weighted by molar-refractivity contribution is 6.25. The highest BCUT2D eigenvalue weighted by Crippen LogP contribution is 2.57. The number of carbonyl (C=O) groups excluding carboxylic acids is 2. The molecule has 1 aromatic rings. The van der Waals surface area contributed by atoms with Gasteiger partial charge in [-0.15, -0.1) is 0 Å². The highest BCUT2D eigenvalue weighted by Gasteiger charge is 2.77. The van der Waals surface area contributed by atoms with Gasteiger partial charge in [-0.3, -0.25) is 9.59 Å². The van der Waals surface area contributed by atoms with Gasteiger partial charge in [-0.2, -0.15) is 0 Å². The zero-order valence-electron chi connectivity index (χ0n) is 14.8. The van der Waals surface area contributed by atoms with Crippen molar-refractivity contribution in [1.82, 2.24) is 0 Å². The van der Waals surface area contributed by atoms with Crippen LogP contribution in [0.5, 0.6) is 0 Å². The lowest BCUT2D eigenvalue weighted by molar-refractivity contribution is 0.0847. The van der Waals surface area contributed by atoms with Gasteiger partial charge in [0.1, 0.15) is 0 Å². The SMILES string of the molecule is CC(C)=CCC/C(C)=C/CC12OC1(C)C(=O)c1ccccc1C2=O. The van der Waals surface area contributed by atoms with Crippen LogP contribution in [-0.2, 0) is 4.74 Å². The number of ether oxygens (including phenoxy) is 1. The molecule has 0 spiro atoms. The van der Waals surface area contributed by atoms with Crippen molar-refractivity contribution < 1.29 is 14.3 Å². The van der Waals surface area contributed by atoms with Gasteiger partial charge in [-0.1, -0.05) is 47.6 Å². The Bertz CT molecular complexity index is 767. The molecule has 1 heterocycles. The molecule has 2 atom stereocenters. The maximum absolute atomic E-state index is 12.9. The second kappa shape index (κ2) is 5.82. The van der Waals surface area contributed by atoms with E-state index in [9.17, 15) is 9.59 Å². The molecule has 1 aliphatic heterocycles. The maximum atomic E-state index is 12.9. The number of benzene rings is 1. The Morgan fingerprint density at radius 3 is 2.29 bits per heavy atom. The van der Waals surface area contributed by atoms with E-state index in [1.807, 2.05) is 0 Å². The number of carbonyl (C=O) groups is 2. The van der Waals surface area contributed by atoms with Gasteiger partial charge in [-0.25, -0.2) is 0 Å². The molecule has 0 N–H and O–H groups in total. The molecule has 0 amide bonds. The van der Waals surface area contributed by atoms with Gasteiger partial charge in [0.25, 0.3) is 0 Å². The summed E-state index contributed by atoms with van der Waals surface area (Å²) in [5.74, 6) is -0.137. The van der Waals surface area contributed by atoms with Crippen LogP contribution in [0.25, 0.3) is 0 Å². The van der Waals surface area contributed by atoms with Gasteiger partial charge in [0, 0.05) is 17.5 Å². The third-order valence-corrected chi connectivity index (χ3v) is 5.15. The first-order valence-electron chi connectivity index (χ1n) is 8.49. The summed E-state index contributed by atoms with van der Waals surface area (Å²) in [6.07, 6.45) is 6.67. The first-order chi connectivity index (χ1) is 11.3. The number of rotatable bonds is 5. The highest BCUT2D eigenvalue weighted by atomic mass is 16.6. The first-order valence-corrected chi connectivity index (χ1v) is 8.49. The van der Waals surface area contributed by atoms with Crippen LogP contribution in [0.1, 0.15) is 67.7 Å². The van der Waals surface area contributed by atoms with Crippen LogP contribution in [0.15, 0.2) is 47.6 Å². The molecule has 2 aliphatic rings. The molecule has 3 nitrogen and oxygen atoms in total. The third-order valence-electron chi connectivity index (χ3n) is 5.15. The van der Waals surface area contributed by atoms with E-state index >= 15 is 0 Å². The van der Waals surface area contributed by atoms with Gasteiger partial charge < -0.3 is 4.74 Å². The van der Waals surface area contributed by atoms with E-state index < -0.39 is 11.2 Å². The van der Waals surface area contributed by atoms with Gasteiger partial charge in [0.15, 0.2) is 22.8 Å². The number of hydrogen-bond donors (Lipinski definition) is 0. The molecular weight excluding hydrogens is 300 g/mol. The van der Waals surface area contributed by atoms with Crippen molar-refractivity contribution in [3.8, 4) is 0 Å². The van der Waals surface area contributed by atoms with E-state index in [2.05, 4.69) is 32.9 Å². The lowest BCUT2D eigenvalue weighted by Crippen LogP contribution is -2.43. The lowest BCUT2D eigenvalue weighted by Gasteiger charge is -2.22. The lowest BCUT2D eigenvalue weighted by atomic mass is 9.73. The topological polar surface area (TPSA) is 46.7 Å². The third kappa shape index (κ3) is 2.48. The normalized spacial score (nSPS) is 28.2. The number of epoxide rings is 1. The standard InChI is InChI=1S/C21H24O3/c1-14(2)8-7-9-15(3)12-13-21-19(23)17-11-6-5-10-16(17)18(22)20(21,4)24-21/h5-6,8,10-12H,7,9,13H2,1-4H3/b15-12+. The summed E-state index contributed by atoms with van der Waals surface area (Å²) in [6.45, 7) is 7.99. The van der Waals surface area contributed by atoms with Gasteiger partial charge in [0.05, 0.1) is 0 Å². The summed E-state index contributed by atoms with van der Waals surface area (Å²) in [6, 6.07) is 7.02. The summed E-state index contributed by atoms with van der Waals surface area (Å²) < 4.78 is 5.80. The molecule has 1 aromatic carbocycles. The molecule has 1 saturated heterocycles. The zero-order valence-corrected chi connectivity index (χ0v) is 14.8. The molecule has 1 fully saturated rings. The summed E-state index contributed by atoms with van der Waals surface area (Å²) >= 11 is 0. The molecule has 126 valence electrons. The molecule has 0 bridgehead atoms. The van der Waals surface area contributed by atoms with E-state index in [-0.39, 0.29) is 11.6 Å². The minimum atomic E-state index is -1.00.